The number of aliphatic hydroxyl groups excluding tert-OH is 2. The summed E-state index contributed by atoms with van der Waals surface area (Å²) in [5.74, 6) is 5.88. The van der Waals surface area contributed by atoms with Crippen LogP contribution in [0.15, 0.2) is 6.33 Å². The Morgan fingerprint density at radius 3 is 2.60 bits per heavy atom. The highest BCUT2D eigenvalue weighted by Gasteiger charge is 2.48. The minimum Gasteiger partial charge on any atom is -0.449 e. The fourth-order valence-corrected chi connectivity index (χ4v) is 5.70. The van der Waals surface area contributed by atoms with Gasteiger partial charge in [0.05, 0.1) is 12.2 Å². The van der Waals surface area contributed by atoms with Crippen molar-refractivity contribution >= 4 is 34.9 Å². The maximum absolute atomic E-state index is 12.5. The van der Waals surface area contributed by atoms with Gasteiger partial charge in [0.2, 0.25) is 11.7 Å². The van der Waals surface area contributed by atoms with E-state index in [1.807, 2.05) is 0 Å². The highest BCUT2D eigenvalue weighted by molar-refractivity contribution is 5.83. The number of carbonyl (C=O) groups excluding carboxylic acids is 3. The Labute approximate surface area is 247 Å². The molecule has 5 heterocycles. The average Bonchev–Trinajstić information content (AvgIpc) is 3.51. The van der Waals surface area contributed by atoms with Crippen molar-refractivity contribution in [2.24, 2.45) is 11.8 Å². The van der Waals surface area contributed by atoms with Crippen molar-refractivity contribution in [2.75, 3.05) is 39.0 Å². The molecular formula is C28H36N8O7. The summed E-state index contributed by atoms with van der Waals surface area (Å²) in [5.41, 5.74) is 6.66. The molecule has 0 spiro atoms. The lowest BCUT2D eigenvalue weighted by molar-refractivity contribution is -0.137. The first-order valence-corrected chi connectivity index (χ1v) is 14.7. The molecule has 43 heavy (non-hydrogen) atoms. The lowest BCUT2D eigenvalue weighted by Gasteiger charge is -2.30. The van der Waals surface area contributed by atoms with E-state index in [-0.39, 0.29) is 59.3 Å². The summed E-state index contributed by atoms with van der Waals surface area (Å²) in [6.07, 6.45) is 0.374. The van der Waals surface area contributed by atoms with E-state index in [2.05, 4.69) is 32.1 Å². The van der Waals surface area contributed by atoms with Gasteiger partial charge in [-0.2, -0.15) is 0 Å². The first-order chi connectivity index (χ1) is 20.7. The Morgan fingerprint density at radius 1 is 1.14 bits per heavy atom. The molecule has 4 aliphatic rings. The van der Waals surface area contributed by atoms with Crippen molar-refractivity contribution in [1.82, 2.24) is 34.6 Å². The van der Waals surface area contributed by atoms with Gasteiger partial charge in [0, 0.05) is 39.1 Å². The quantitative estimate of drug-likeness (QED) is 0.310. The van der Waals surface area contributed by atoms with Crippen molar-refractivity contribution in [3.05, 3.63) is 12.2 Å². The molecule has 230 valence electrons. The third-order valence-electron chi connectivity index (χ3n) is 8.55. The average molecular weight is 597 g/mol. The SMILES string of the molecule is CN1CCC(COC(=O)N2CCC(CC#Cc3nc(N)c4ncn([C@@H]5O[C@H](C(=O)NC6CC6)[C@@H](O)[C@H]5O)c4n3)CC2)C1=O. The molecule has 6 rings (SSSR count). The van der Waals surface area contributed by atoms with Crippen LogP contribution in [0.2, 0.25) is 0 Å². The van der Waals surface area contributed by atoms with Gasteiger partial charge in [0.15, 0.2) is 23.8 Å². The number of rotatable bonds is 6. The molecular weight excluding hydrogens is 560 g/mol. The summed E-state index contributed by atoms with van der Waals surface area (Å²) < 4.78 is 12.6. The van der Waals surface area contributed by atoms with E-state index in [1.54, 1.807) is 16.8 Å². The van der Waals surface area contributed by atoms with Crippen LogP contribution in [0.4, 0.5) is 10.6 Å². The minimum atomic E-state index is -1.42. The molecule has 3 aliphatic heterocycles. The summed E-state index contributed by atoms with van der Waals surface area (Å²) >= 11 is 0. The number of imidazole rings is 1. The number of hydrogen-bond acceptors (Lipinski definition) is 11. The monoisotopic (exact) mass is 596 g/mol. The number of carbonyl (C=O) groups is 3. The van der Waals surface area contributed by atoms with Gasteiger partial charge in [0.1, 0.15) is 24.3 Å². The lowest BCUT2D eigenvalue weighted by Crippen LogP contribution is -2.43. The number of nitrogens with one attached hydrogen (secondary N) is 1. The second kappa shape index (κ2) is 11.9. The molecule has 0 aromatic carbocycles. The third-order valence-corrected chi connectivity index (χ3v) is 8.55. The van der Waals surface area contributed by atoms with Crippen LogP contribution >= 0.6 is 0 Å². The predicted octanol–water partition coefficient (Wildman–Crippen LogP) is -0.625. The Hall–Kier alpha value is -4.00. The van der Waals surface area contributed by atoms with Crippen LogP contribution in [0.3, 0.4) is 0 Å². The van der Waals surface area contributed by atoms with E-state index < -0.39 is 30.4 Å². The molecule has 15 heteroatoms. The molecule has 1 aliphatic carbocycles. The zero-order valence-corrected chi connectivity index (χ0v) is 23.9. The van der Waals surface area contributed by atoms with E-state index in [0.29, 0.717) is 32.5 Å². The molecule has 1 unspecified atom stereocenters. The topological polar surface area (TPSA) is 198 Å². The summed E-state index contributed by atoms with van der Waals surface area (Å²) in [4.78, 5) is 53.3. The highest BCUT2D eigenvalue weighted by atomic mass is 16.6. The van der Waals surface area contributed by atoms with Crippen molar-refractivity contribution in [3.63, 3.8) is 0 Å². The van der Waals surface area contributed by atoms with Crippen molar-refractivity contribution in [3.8, 4) is 11.8 Å². The van der Waals surface area contributed by atoms with Crippen LogP contribution in [0.1, 0.15) is 50.6 Å². The van der Waals surface area contributed by atoms with E-state index in [1.165, 1.54) is 10.9 Å². The molecule has 3 amide bonds. The van der Waals surface area contributed by atoms with Crippen LogP contribution in [-0.2, 0) is 19.1 Å². The molecule has 5 N–H and O–H groups in total. The first kappa shape index (κ1) is 29.1. The number of fused-ring (bicyclic) bond motifs is 1. The second-order valence-corrected chi connectivity index (χ2v) is 11.7. The zero-order chi connectivity index (χ0) is 30.2. The van der Waals surface area contributed by atoms with Crippen LogP contribution in [0.25, 0.3) is 11.2 Å². The number of piperidine rings is 1. The zero-order valence-electron chi connectivity index (χ0n) is 23.9. The first-order valence-electron chi connectivity index (χ1n) is 14.7. The van der Waals surface area contributed by atoms with Crippen molar-refractivity contribution in [1.29, 1.82) is 0 Å². The Balaban J connectivity index is 1.04. The number of nitrogens with zero attached hydrogens (tertiary/aromatic N) is 6. The largest absolute Gasteiger partial charge is 0.449 e. The number of aliphatic hydroxyl groups is 2. The Kier molecular flexibility index (Phi) is 8.08. The van der Waals surface area contributed by atoms with Gasteiger partial charge in [-0.05, 0) is 43.9 Å². The van der Waals surface area contributed by atoms with Gasteiger partial charge in [0.25, 0.3) is 5.91 Å². The molecule has 15 nitrogen and oxygen atoms in total. The van der Waals surface area contributed by atoms with Crippen molar-refractivity contribution in [2.45, 2.75) is 69.1 Å². The number of nitrogens with two attached hydrogens (primary N) is 1. The lowest BCUT2D eigenvalue weighted by atomic mass is 9.94. The van der Waals surface area contributed by atoms with E-state index in [9.17, 15) is 24.6 Å². The van der Waals surface area contributed by atoms with Gasteiger partial charge >= 0.3 is 6.09 Å². The fraction of sp³-hybridized carbons (Fsp3) is 0.643. The van der Waals surface area contributed by atoms with Gasteiger partial charge in [-0.1, -0.05) is 5.92 Å². The van der Waals surface area contributed by atoms with Crippen LogP contribution in [-0.4, -0.2) is 115 Å². The van der Waals surface area contributed by atoms with E-state index in [0.717, 1.165) is 25.7 Å². The van der Waals surface area contributed by atoms with E-state index >= 15 is 0 Å². The second-order valence-electron chi connectivity index (χ2n) is 11.7. The number of likely N-dealkylation sites (tertiary alicyclic amines) is 2. The van der Waals surface area contributed by atoms with Crippen LogP contribution in [0, 0.1) is 23.7 Å². The van der Waals surface area contributed by atoms with Gasteiger partial charge in [-0.3, -0.25) is 14.2 Å². The number of anilines is 1. The van der Waals surface area contributed by atoms with Crippen LogP contribution < -0.4 is 11.1 Å². The Morgan fingerprint density at radius 2 is 1.91 bits per heavy atom. The van der Waals surface area contributed by atoms with Crippen LogP contribution in [0.5, 0.6) is 0 Å². The predicted molar refractivity (Wildman–Crippen MR) is 150 cm³/mol. The third kappa shape index (κ3) is 6.08. The number of ether oxygens (including phenoxy) is 2. The summed E-state index contributed by atoms with van der Waals surface area (Å²) in [5, 5.41) is 24.0. The number of aromatic nitrogens is 4. The van der Waals surface area contributed by atoms with Gasteiger partial charge in [-0.15, -0.1) is 0 Å². The minimum absolute atomic E-state index is 0.0181. The standard InChI is InChI=1S/C28H36N8O7/c1-34-10-9-16(26(34)40)13-42-28(41)35-11-7-15(8-12-35)3-2-4-18-32-23(29)19-24(33-18)36(14-30-19)27-21(38)20(37)22(43-27)25(39)31-17-5-6-17/h14-17,20-22,27,37-38H,3,5-13H2,1H3,(H,31,39)(H2,29,32,33)/t16?,20-,21+,22-,27+/m0/s1. The number of hydrogen-bond donors (Lipinski definition) is 4. The molecule has 1 saturated carbocycles. The molecule has 5 atom stereocenters. The summed E-state index contributed by atoms with van der Waals surface area (Å²) in [6, 6.07) is 0.0772. The highest BCUT2D eigenvalue weighted by Crippen LogP contribution is 2.33. The summed E-state index contributed by atoms with van der Waals surface area (Å²) in [6.45, 7) is 1.90. The molecule has 2 aromatic rings. The number of nitrogen functional groups attached to an aromatic ring is 1. The van der Waals surface area contributed by atoms with E-state index in [4.69, 9.17) is 15.2 Å². The molecule has 3 saturated heterocycles. The van der Waals surface area contributed by atoms with Gasteiger partial charge in [-0.25, -0.2) is 19.7 Å². The molecule has 0 bridgehead atoms. The summed E-state index contributed by atoms with van der Waals surface area (Å²) in [7, 11) is 1.75. The fourth-order valence-electron chi connectivity index (χ4n) is 5.70. The van der Waals surface area contributed by atoms with Gasteiger partial charge < -0.3 is 40.5 Å². The normalized spacial score (nSPS) is 27.8. The maximum Gasteiger partial charge on any atom is 0.409 e. The molecule has 0 radical (unpaired) electrons. The Bertz CT molecular complexity index is 1460. The van der Waals surface area contributed by atoms with Crippen molar-refractivity contribution < 1.29 is 34.1 Å². The number of amides is 3. The molecule has 2 aromatic heterocycles. The maximum atomic E-state index is 12.5. The smallest absolute Gasteiger partial charge is 0.409 e. The molecule has 4 fully saturated rings.